The van der Waals surface area contributed by atoms with Crippen molar-refractivity contribution in [3.05, 3.63) is 23.8 Å². The lowest BCUT2D eigenvalue weighted by Gasteiger charge is -2.10. The third-order valence-electron chi connectivity index (χ3n) is 2.07. The molecular weight excluding hydrogens is 202 g/mol. The number of halogens is 1. The molecule has 0 aliphatic heterocycles. The van der Waals surface area contributed by atoms with Gasteiger partial charge in [-0.3, -0.25) is 0 Å². The van der Waals surface area contributed by atoms with E-state index in [-0.39, 0.29) is 29.9 Å². The highest BCUT2D eigenvalue weighted by molar-refractivity contribution is 5.85. The van der Waals surface area contributed by atoms with E-state index in [1.54, 1.807) is 6.07 Å². The average Bonchev–Trinajstić information content (AvgIpc) is 2.11. The summed E-state index contributed by atoms with van der Waals surface area (Å²) in [6, 6.07) is 4.52. The number of aromatic hydroxyl groups is 2. The second kappa shape index (κ2) is 5.73. The van der Waals surface area contributed by atoms with E-state index in [0.29, 0.717) is 12.0 Å². The first-order valence-electron chi connectivity index (χ1n) is 4.40. The lowest BCUT2D eigenvalue weighted by atomic mass is 10.0. The molecule has 4 N–H and O–H groups in total. The monoisotopic (exact) mass is 217 g/mol. The Morgan fingerprint density at radius 3 is 2.57 bits per heavy atom. The molecule has 0 aromatic heterocycles. The van der Waals surface area contributed by atoms with E-state index >= 15 is 0 Å². The van der Waals surface area contributed by atoms with Crippen molar-refractivity contribution in [1.82, 2.24) is 0 Å². The lowest BCUT2D eigenvalue weighted by molar-refractivity contribution is 0.450. The second-order valence-electron chi connectivity index (χ2n) is 3.19. The Morgan fingerprint density at radius 2 is 2.00 bits per heavy atom. The van der Waals surface area contributed by atoms with Crippen LogP contribution in [0.4, 0.5) is 0 Å². The van der Waals surface area contributed by atoms with Crippen LogP contribution >= 0.6 is 12.4 Å². The lowest BCUT2D eigenvalue weighted by Crippen LogP contribution is -2.21. The van der Waals surface area contributed by atoms with Gasteiger partial charge in [0.05, 0.1) is 0 Å². The van der Waals surface area contributed by atoms with Crippen molar-refractivity contribution in [1.29, 1.82) is 0 Å². The van der Waals surface area contributed by atoms with Crippen molar-refractivity contribution in [2.45, 2.75) is 25.8 Å². The molecule has 1 atom stereocenters. The zero-order valence-electron chi connectivity index (χ0n) is 8.10. The Labute approximate surface area is 90.0 Å². The van der Waals surface area contributed by atoms with Crippen LogP contribution in [0.1, 0.15) is 18.9 Å². The summed E-state index contributed by atoms with van der Waals surface area (Å²) in [5.41, 5.74) is 6.43. The van der Waals surface area contributed by atoms with Crippen LogP contribution in [0, 0.1) is 0 Å². The highest BCUT2D eigenvalue weighted by atomic mass is 35.5. The van der Waals surface area contributed by atoms with Crippen LogP contribution in [-0.2, 0) is 6.42 Å². The van der Waals surface area contributed by atoms with Gasteiger partial charge in [0.1, 0.15) is 11.5 Å². The summed E-state index contributed by atoms with van der Waals surface area (Å²) < 4.78 is 0. The third kappa shape index (κ3) is 3.44. The SMILES string of the molecule is CCC(N)Cc1cc(O)ccc1O.Cl. The van der Waals surface area contributed by atoms with Gasteiger partial charge >= 0.3 is 0 Å². The number of rotatable bonds is 3. The molecular formula is C10H16ClNO2. The van der Waals surface area contributed by atoms with Gasteiger partial charge in [-0.15, -0.1) is 12.4 Å². The summed E-state index contributed by atoms with van der Waals surface area (Å²) in [5.74, 6) is 0.359. The van der Waals surface area contributed by atoms with E-state index in [0.717, 1.165) is 6.42 Å². The third-order valence-corrected chi connectivity index (χ3v) is 2.07. The molecule has 0 aliphatic carbocycles. The quantitative estimate of drug-likeness (QED) is 0.677. The fraction of sp³-hybridized carbons (Fsp3) is 0.400. The first-order chi connectivity index (χ1) is 6.13. The van der Waals surface area contributed by atoms with Crippen molar-refractivity contribution in [3.8, 4) is 11.5 Å². The van der Waals surface area contributed by atoms with E-state index in [4.69, 9.17) is 5.73 Å². The van der Waals surface area contributed by atoms with Gasteiger partial charge in [0.15, 0.2) is 0 Å². The molecule has 1 rings (SSSR count). The van der Waals surface area contributed by atoms with Gasteiger partial charge in [-0.1, -0.05) is 6.92 Å². The van der Waals surface area contributed by atoms with Gasteiger partial charge < -0.3 is 15.9 Å². The summed E-state index contributed by atoms with van der Waals surface area (Å²) in [7, 11) is 0. The maximum Gasteiger partial charge on any atom is 0.119 e. The number of hydrogen-bond donors (Lipinski definition) is 3. The summed E-state index contributed by atoms with van der Waals surface area (Å²) in [6.07, 6.45) is 1.45. The van der Waals surface area contributed by atoms with Crippen LogP contribution < -0.4 is 5.73 Å². The standard InChI is InChI=1S/C10H15NO2.ClH/c1-2-8(11)5-7-6-9(12)3-4-10(7)13;/h3-4,6,8,12-13H,2,5,11H2,1H3;1H. The molecule has 4 heteroatoms. The Morgan fingerprint density at radius 1 is 1.36 bits per heavy atom. The predicted octanol–water partition coefficient (Wildman–Crippen LogP) is 1.80. The summed E-state index contributed by atoms with van der Waals surface area (Å²) in [4.78, 5) is 0. The fourth-order valence-corrected chi connectivity index (χ4v) is 1.16. The fourth-order valence-electron chi connectivity index (χ4n) is 1.16. The Hall–Kier alpha value is -0.930. The Balaban J connectivity index is 0.00000169. The van der Waals surface area contributed by atoms with Crippen molar-refractivity contribution < 1.29 is 10.2 Å². The molecule has 0 amide bonds. The van der Waals surface area contributed by atoms with E-state index in [1.807, 2.05) is 6.92 Å². The second-order valence-corrected chi connectivity index (χ2v) is 3.19. The van der Waals surface area contributed by atoms with Crippen LogP contribution in [0.25, 0.3) is 0 Å². The summed E-state index contributed by atoms with van der Waals surface area (Å²) >= 11 is 0. The average molecular weight is 218 g/mol. The van der Waals surface area contributed by atoms with Crippen LogP contribution in [0.2, 0.25) is 0 Å². The number of hydrogen-bond acceptors (Lipinski definition) is 3. The van der Waals surface area contributed by atoms with E-state index in [1.165, 1.54) is 12.1 Å². The molecule has 0 heterocycles. The van der Waals surface area contributed by atoms with E-state index in [2.05, 4.69) is 0 Å². The number of nitrogens with two attached hydrogens (primary N) is 1. The van der Waals surface area contributed by atoms with Crippen molar-refractivity contribution >= 4 is 12.4 Å². The van der Waals surface area contributed by atoms with Crippen LogP contribution in [0.5, 0.6) is 11.5 Å². The Kier molecular flexibility index (Phi) is 5.35. The van der Waals surface area contributed by atoms with Crippen molar-refractivity contribution in [2.75, 3.05) is 0 Å². The first kappa shape index (κ1) is 13.1. The summed E-state index contributed by atoms with van der Waals surface area (Å²) in [6.45, 7) is 1.99. The zero-order valence-corrected chi connectivity index (χ0v) is 8.92. The van der Waals surface area contributed by atoms with Gasteiger partial charge in [-0.05, 0) is 36.6 Å². The molecule has 0 saturated heterocycles. The molecule has 1 aromatic carbocycles. The van der Waals surface area contributed by atoms with Gasteiger partial charge in [-0.2, -0.15) is 0 Å². The summed E-state index contributed by atoms with van der Waals surface area (Å²) in [5, 5.41) is 18.6. The largest absolute Gasteiger partial charge is 0.508 e. The van der Waals surface area contributed by atoms with E-state index < -0.39 is 0 Å². The maximum atomic E-state index is 9.41. The number of benzene rings is 1. The smallest absolute Gasteiger partial charge is 0.119 e. The Bertz CT molecular complexity index is 291. The van der Waals surface area contributed by atoms with Gasteiger partial charge in [0, 0.05) is 6.04 Å². The number of phenols is 2. The van der Waals surface area contributed by atoms with Crippen LogP contribution in [-0.4, -0.2) is 16.3 Å². The highest BCUT2D eigenvalue weighted by Gasteiger charge is 2.06. The van der Waals surface area contributed by atoms with Crippen LogP contribution in [0.3, 0.4) is 0 Å². The minimum atomic E-state index is 0. The number of phenolic OH excluding ortho intramolecular Hbond substituents is 2. The molecule has 14 heavy (non-hydrogen) atoms. The zero-order chi connectivity index (χ0) is 9.84. The molecule has 0 radical (unpaired) electrons. The molecule has 0 bridgehead atoms. The molecule has 0 spiro atoms. The highest BCUT2D eigenvalue weighted by Crippen LogP contribution is 2.23. The molecule has 1 unspecified atom stereocenters. The molecule has 0 fully saturated rings. The van der Waals surface area contributed by atoms with Gasteiger partial charge in [0.2, 0.25) is 0 Å². The van der Waals surface area contributed by atoms with Crippen LogP contribution in [0.15, 0.2) is 18.2 Å². The van der Waals surface area contributed by atoms with Crippen molar-refractivity contribution in [2.24, 2.45) is 5.73 Å². The topological polar surface area (TPSA) is 66.5 Å². The van der Waals surface area contributed by atoms with Gasteiger partial charge in [0.25, 0.3) is 0 Å². The molecule has 1 aromatic rings. The molecule has 3 nitrogen and oxygen atoms in total. The van der Waals surface area contributed by atoms with Crippen molar-refractivity contribution in [3.63, 3.8) is 0 Å². The minimum absolute atomic E-state index is 0. The maximum absolute atomic E-state index is 9.41. The minimum Gasteiger partial charge on any atom is -0.508 e. The van der Waals surface area contributed by atoms with Gasteiger partial charge in [-0.25, -0.2) is 0 Å². The molecule has 0 saturated carbocycles. The predicted molar refractivity (Wildman–Crippen MR) is 59.0 cm³/mol. The normalized spacial score (nSPS) is 11.9. The first-order valence-corrected chi connectivity index (χ1v) is 4.40. The van der Waals surface area contributed by atoms with E-state index in [9.17, 15) is 10.2 Å². The molecule has 0 aliphatic rings. The molecule has 80 valence electrons.